The normalized spacial score (nSPS) is 11.9. The molecule has 0 aliphatic rings. The Hall–Kier alpha value is -1.92. The third kappa shape index (κ3) is 7.69. The Bertz CT molecular complexity index is 686. The van der Waals surface area contributed by atoms with Crippen molar-refractivity contribution in [3.63, 3.8) is 0 Å². The second kappa shape index (κ2) is 11.7. The minimum Gasteiger partial charge on any atom is -0.354 e. The van der Waals surface area contributed by atoms with Gasteiger partial charge in [0.2, 0.25) is 11.8 Å². The highest BCUT2D eigenvalue weighted by molar-refractivity contribution is 5.85. The lowest BCUT2D eigenvalue weighted by Gasteiger charge is -2.14. The molecule has 0 saturated heterocycles. The van der Waals surface area contributed by atoms with E-state index in [9.17, 15) is 4.79 Å². The number of nitrogens with one attached hydrogen (secondary N) is 1. The second-order valence-corrected chi connectivity index (χ2v) is 6.94. The zero-order chi connectivity index (χ0) is 18.9. The molecule has 1 unspecified atom stereocenters. The monoisotopic (exact) mass is 394 g/mol. The van der Waals surface area contributed by atoms with Gasteiger partial charge in [-0.2, -0.15) is 4.98 Å². The first-order valence-electron chi connectivity index (χ1n) is 9.43. The molecule has 0 fully saturated rings. The fraction of sp³-hybridized carbons (Fsp3) is 0.550. The first-order chi connectivity index (χ1) is 12.5. The standard InChI is InChI=1S/C20H30N4O2.ClH/c1-4-6-18-23-20(26-24-18)8-5-7-19(25)22-13-17(21)16-11-9-15(10-12-16)14(2)3;/h9-12,14,17H,4-8,13,21H2,1-3H3,(H,22,25);1H. The Morgan fingerprint density at radius 3 is 2.48 bits per heavy atom. The van der Waals surface area contributed by atoms with E-state index in [0.717, 1.165) is 24.2 Å². The molecule has 2 aromatic rings. The van der Waals surface area contributed by atoms with Crippen LogP contribution in [0.4, 0.5) is 0 Å². The average molecular weight is 395 g/mol. The van der Waals surface area contributed by atoms with Gasteiger partial charge in [0.1, 0.15) is 0 Å². The number of nitrogens with zero attached hydrogens (tertiary/aromatic N) is 2. The summed E-state index contributed by atoms with van der Waals surface area (Å²) in [4.78, 5) is 16.3. The minimum absolute atomic E-state index is 0. The third-order valence-corrected chi connectivity index (χ3v) is 4.33. The molecule has 1 amide bonds. The molecular weight excluding hydrogens is 364 g/mol. The van der Waals surface area contributed by atoms with E-state index in [1.165, 1.54) is 5.56 Å². The van der Waals surface area contributed by atoms with Gasteiger partial charge < -0.3 is 15.6 Å². The summed E-state index contributed by atoms with van der Waals surface area (Å²) in [5.74, 6) is 1.83. The zero-order valence-corrected chi connectivity index (χ0v) is 17.2. The highest BCUT2D eigenvalue weighted by Gasteiger charge is 2.10. The maximum atomic E-state index is 12.0. The molecule has 7 heteroatoms. The number of aryl methyl sites for hydroxylation is 2. The van der Waals surface area contributed by atoms with Crippen LogP contribution in [0.1, 0.15) is 74.8 Å². The highest BCUT2D eigenvalue weighted by Crippen LogP contribution is 2.17. The van der Waals surface area contributed by atoms with Gasteiger partial charge in [-0.25, -0.2) is 0 Å². The highest BCUT2D eigenvalue weighted by atomic mass is 35.5. The topological polar surface area (TPSA) is 94.0 Å². The Labute approximate surface area is 167 Å². The van der Waals surface area contributed by atoms with Crippen LogP contribution in [0.3, 0.4) is 0 Å². The van der Waals surface area contributed by atoms with Crippen molar-refractivity contribution in [1.82, 2.24) is 15.5 Å². The Morgan fingerprint density at radius 1 is 1.19 bits per heavy atom. The molecular formula is C20H31ClN4O2. The van der Waals surface area contributed by atoms with Gasteiger partial charge in [-0.05, 0) is 29.9 Å². The van der Waals surface area contributed by atoms with Crippen molar-refractivity contribution in [1.29, 1.82) is 0 Å². The number of amides is 1. The molecule has 3 N–H and O–H groups in total. The molecule has 2 rings (SSSR count). The van der Waals surface area contributed by atoms with Gasteiger partial charge >= 0.3 is 0 Å². The molecule has 1 heterocycles. The third-order valence-electron chi connectivity index (χ3n) is 4.33. The Morgan fingerprint density at radius 2 is 1.85 bits per heavy atom. The quantitative estimate of drug-likeness (QED) is 0.640. The SMILES string of the molecule is CCCc1noc(CCCC(=O)NCC(N)c2ccc(C(C)C)cc2)n1.Cl. The first kappa shape index (κ1) is 23.1. The molecule has 1 aromatic heterocycles. The predicted octanol–water partition coefficient (Wildman–Crippen LogP) is 3.71. The molecule has 0 bridgehead atoms. The summed E-state index contributed by atoms with van der Waals surface area (Å²) in [6.07, 6.45) is 3.52. The number of aromatic nitrogens is 2. The van der Waals surface area contributed by atoms with Gasteiger partial charge in [0.25, 0.3) is 0 Å². The van der Waals surface area contributed by atoms with E-state index in [1.54, 1.807) is 0 Å². The number of nitrogens with two attached hydrogens (primary N) is 1. The van der Waals surface area contributed by atoms with Crippen molar-refractivity contribution in [3.8, 4) is 0 Å². The van der Waals surface area contributed by atoms with Crippen LogP contribution in [-0.2, 0) is 17.6 Å². The van der Waals surface area contributed by atoms with E-state index in [0.29, 0.717) is 37.6 Å². The maximum absolute atomic E-state index is 12.0. The number of rotatable bonds is 10. The predicted molar refractivity (Wildman–Crippen MR) is 109 cm³/mol. The summed E-state index contributed by atoms with van der Waals surface area (Å²) < 4.78 is 5.17. The lowest BCUT2D eigenvalue weighted by atomic mass is 9.99. The number of carbonyl (C=O) groups excluding carboxylic acids is 1. The fourth-order valence-electron chi connectivity index (χ4n) is 2.68. The lowest BCUT2D eigenvalue weighted by molar-refractivity contribution is -0.121. The summed E-state index contributed by atoms with van der Waals surface area (Å²) in [5.41, 5.74) is 8.49. The Balaban J connectivity index is 0.00000364. The second-order valence-electron chi connectivity index (χ2n) is 6.94. The van der Waals surface area contributed by atoms with Crippen LogP contribution in [-0.4, -0.2) is 22.6 Å². The van der Waals surface area contributed by atoms with Crippen LogP contribution in [0.2, 0.25) is 0 Å². The summed E-state index contributed by atoms with van der Waals surface area (Å²) in [6, 6.07) is 8.07. The molecule has 0 aliphatic heterocycles. The van der Waals surface area contributed by atoms with Crippen LogP contribution >= 0.6 is 12.4 Å². The van der Waals surface area contributed by atoms with Crippen molar-refractivity contribution in [2.24, 2.45) is 5.73 Å². The summed E-state index contributed by atoms with van der Waals surface area (Å²) >= 11 is 0. The van der Waals surface area contributed by atoms with E-state index in [-0.39, 0.29) is 24.4 Å². The van der Waals surface area contributed by atoms with Crippen molar-refractivity contribution in [3.05, 3.63) is 47.1 Å². The number of hydrogen-bond acceptors (Lipinski definition) is 5. The van der Waals surface area contributed by atoms with Crippen LogP contribution in [0.25, 0.3) is 0 Å². The zero-order valence-electron chi connectivity index (χ0n) is 16.4. The van der Waals surface area contributed by atoms with Crippen LogP contribution in [0.15, 0.2) is 28.8 Å². The van der Waals surface area contributed by atoms with Crippen LogP contribution in [0.5, 0.6) is 0 Å². The van der Waals surface area contributed by atoms with Gasteiger partial charge in [-0.3, -0.25) is 4.79 Å². The van der Waals surface area contributed by atoms with Crippen molar-refractivity contribution < 1.29 is 9.32 Å². The van der Waals surface area contributed by atoms with Crippen molar-refractivity contribution in [2.75, 3.05) is 6.54 Å². The minimum atomic E-state index is -0.201. The molecule has 150 valence electrons. The number of halogens is 1. The number of hydrogen-bond donors (Lipinski definition) is 2. The molecule has 1 atom stereocenters. The van der Waals surface area contributed by atoms with E-state index in [4.69, 9.17) is 10.3 Å². The Kier molecular flexibility index (Phi) is 10.0. The van der Waals surface area contributed by atoms with Crippen molar-refractivity contribution >= 4 is 18.3 Å². The van der Waals surface area contributed by atoms with E-state index >= 15 is 0 Å². The summed E-state index contributed by atoms with van der Waals surface area (Å²) in [5, 5.41) is 6.81. The number of benzene rings is 1. The summed E-state index contributed by atoms with van der Waals surface area (Å²) in [6.45, 7) is 6.83. The molecule has 0 saturated carbocycles. The van der Waals surface area contributed by atoms with Gasteiger partial charge in [0.05, 0.1) is 0 Å². The molecule has 0 spiro atoms. The van der Waals surface area contributed by atoms with Gasteiger partial charge in [0, 0.05) is 31.8 Å². The van der Waals surface area contributed by atoms with E-state index < -0.39 is 0 Å². The lowest BCUT2D eigenvalue weighted by Crippen LogP contribution is -2.31. The molecule has 0 radical (unpaired) electrons. The fourth-order valence-corrected chi connectivity index (χ4v) is 2.68. The van der Waals surface area contributed by atoms with Crippen LogP contribution in [0, 0.1) is 0 Å². The van der Waals surface area contributed by atoms with Gasteiger partial charge in [-0.1, -0.05) is 50.2 Å². The molecule has 1 aromatic carbocycles. The maximum Gasteiger partial charge on any atom is 0.226 e. The largest absolute Gasteiger partial charge is 0.354 e. The first-order valence-corrected chi connectivity index (χ1v) is 9.43. The van der Waals surface area contributed by atoms with Gasteiger partial charge in [-0.15, -0.1) is 12.4 Å². The smallest absolute Gasteiger partial charge is 0.226 e. The molecule has 27 heavy (non-hydrogen) atoms. The van der Waals surface area contributed by atoms with E-state index in [2.05, 4.69) is 48.4 Å². The van der Waals surface area contributed by atoms with E-state index in [1.807, 2.05) is 12.1 Å². The van der Waals surface area contributed by atoms with Gasteiger partial charge in [0.15, 0.2) is 5.82 Å². The summed E-state index contributed by atoms with van der Waals surface area (Å²) in [7, 11) is 0. The van der Waals surface area contributed by atoms with Crippen LogP contribution < -0.4 is 11.1 Å². The molecule has 0 aliphatic carbocycles. The average Bonchev–Trinajstić information content (AvgIpc) is 3.07. The van der Waals surface area contributed by atoms with Crippen molar-refractivity contribution in [2.45, 2.75) is 64.8 Å². The molecule has 6 nitrogen and oxygen atoms in total. The number of carbonyl (C=O) groups is 1.